The van der Waals surface area contributed by atoms with E-state index in [1.807, 2.05) is 23.1 Å². The number of nitrogens with one attached hydrogen (secondary N) is 2. The normalized spacial score (nSPS) is 17.9. The Bertz CT molecular complexity index is 943. The summed E-state index contributed by atoms with van der Waals surface area (Å²) < 4.78 is 0. The summed E-state index contributed by atoms with van der Waals surface area (Å²) >= 11 is 1.55. The van der Waals surface area contributed by atoms with E-state index < -0.39 is 0 Å². The SMILES string of the molecule is N/C(=C1\NC(c2ccccc2)=CS1)c1ccnc(NCCCN2CCCC2=O)n1. The summed E-state index contributed by atoms with van der Waals surface area (Å²) in [4.78, 5) is 22.4. The first-order valence-electron chi connectivity index (χ1n) is 9.75. The number of carbonyl (C=O) groups excluding carboxylic acids is 1. The summed E-state index contributed by atoms with van der Waals surface area (Å²) in [5, 5.41) is 9.51. The number of benzene rings is 1. The van der Waals surface area contributed by atoms with Gasteiger partial charge in [-0.25, -0.2) is 9.97 Å². The van der Waals surface area contributed by atoms with Crippen LogP contribution in [0.4, 0.5) is 5.95 Å². The van der Waals surface area contributed by atoms with E-state index in [1.165, 1.54) is 0 Å². The molecular formula is C21H24N6OS. The third-order valence-electron chi connectivity index (χ3n) is 4.86. The molecule has 4 N–H and O–H groups in total. The second kappa shape index (κ2) is 9.00. The number of nitrogens with two attached hydrogens (primary N) is 1. The minimum absolute atomic E-state index is 0.257. The van der Waals surface area contributed by atoms with Gasteiger partial charge in [-0.1, -0.05) is 42.1 Å². The van der Waals surface area contributed by atoms with Crippen LogP contribution >= 0.6 is 11.8 Å². The molecule has 2 aliphatic rings. The third kappa shape index (κ3) is 4.71. The molecule has 4 rings (SSSR count). The van der Waals surface area contributed by atoms with Crippen LogP contribution < -0.4 is 16.4 Å². The summed E-state index contributed by atoms with van der Waals surface area (Å²) in [5.74, 6) is 0.797. The van der Waals surface area contributed by atoms with Crippen molar-refractivity contribution in [1.82, 2.24) is 20.2 Å². The second-order valence-corrected chi connectivity index (χ2v) is 7.79. The maximum absolute atomic E-state index is 11.6. The van der Waals surface area contributed by atoms with Gasteiger partial charge in [0.2, 0.25) is 11.9 Å². The van der Waals surface area contributed by atoms with E-state index in [0.29, 0.717) is 30.3 Å². The van der Waals surface area contributed by atoms with E-state index >= 15 is 0 Å². The van der Waals surface area contributed by atoms with E-state index in [4.69, 9.17) is 5.73 Å². The number of hydrogen-bond acceptors (Lipinski definition) is 7. The highest BCUT2D eigenvalue weighted by Gasteiger charge is 2.19. The molecule has 29 heavy (non-hydrogen) atoms. The van der Waals surface area contributed by atoms with Gasteiger partial charge in [-0.15, -0.1) is 0 Å². The standard InChI is InChI=1S/C21H24N6OS/c22-19(20-25-17(14-29-20)15-6-2-1-3-7-15)16-9-11-24-21(26-16)23-10-5-13-27-12-4-8-18(27)28/h1-3,6-7,9,11,14,25H,4-5,8,10,12-13,22H2,(H,23,24,26)/b20-19+. The first-order chi connectivity index (χ1) is 14.2. The molecule has 1 saturated heterocycles. The number of thioether (sulfide) groups is 1. The van der Waals surface area contributed by atoms with Crippen LogP contribution in [-0.4, -0.2) is 40.4 Å². The monoisotopic (exact) mass is 408 g/mol. The lowest BCUT2D eigenvalue weighted by molar-refractivity contribution is -0.127. The molecule has 1 fully saturated rings. The molecule has 1 amide bonds. The molecule has 2 aliphatic heterocycles. The van der Waals surface area contributed by atoms with Gasteiger partial charge in [-0.05, 0) is 24.5 Å². The highest BCUT2D eigenvalue weighted by atomic mass is 32.2. The maximum atomic E-state index is 11.6. The highest BCUT2D eigenvalue weighted by molar-refractivity contribution is 8.06. The summed E-state index contributed by atoms with van der Waals surface area (Å²) in [6.45, 7) is 2.35. The van der Waals surface area contributed by atoms with Crippen LogP contribution in [-0.2, 0) is 4.79 Å². The molecule has 0 saturated carbocycles. The van der Waals surface area contributed by atoms with Gasteiger partial charge < -0.3 is 21.3 Å². The average Bonchev–Trinajstić information content (AvgIpc) is 3.41. The van der Waals surface area contributed by atoms with Crippen molar-refractivity contribution in [3.63, 3.8) is 0 Å². The van der Waals surface area contributed by atoms with Gasteiger partial charge in [-0.2, -0.15) is 0 Å². The van der Waals surface area contributed by atoms with E-state index in [9.17, 15) is 4.79 Å². The van der Waals surface area contributed by atoms with E-state index in [-0.39, 0.29) is 5.91 Å². The summed E-state index contributed by atoms with van der Waals surface area (Å²) in [5.41, 5.74) is 9.77. The lowest BCUT2D eigenvalue weighted by atomic mass is 10.2. The molecule has 1 aromatic heterocycles. The Morgan fingerprint density at radius 2 is 2.14 bits per heavy atom. The highest BCUT2D eigenvalue weighted by Crippen LogP contribution is 2.32. The van der Waals surface area contributed by atoms with Crippen molar-refractivity contribution in [2.24, 2.45) is 5.73 Å². The van der Waals surface area contributed by atoms with Crippen molar-refractivity contribution >= 4 is 35.0 Å². The molecule has 150 valence electrons. The largest absolute Gasteiger partial charge is 0.395 e. The summed E-state index contributed by atoms with van der Waals surface area (Å²) in [6.07, 6.45) is 4.21. The first-order valence-corrected chi connectivity index (χ1v) is 10.6. The Labute approximate surface area is 174 Å². The Kier molecular flexibility index (Phi) is 6.00. The zero-order valence-electron chi connectivity index (χ0n) is 16.1. The van der Waals surface area contributed by atoms with Crippen molar-refractivity contribution in [1.29, 1.82) is 0 Å². The molecular weight excluding hydrogens is 384 g/mol. The Hall–Kier alpha value is -3.00. The van der Waals surface area contributed by atoms with Crippen LogP contribution in [0.25, 0.3) is 11.4 Å². The molecule has 1 aromatic carbocycles. The molecule has 3 heterocycles. The van der Waals surface area contributed by atoms with E-state index in [0.717, 1.165) is 42.2 Å². The number of amides is 1. The molecule has 0 atom stereocenters. The maximum Gasteiger partial charge on any atom is 0.223 e. The first kappa shape index (κ1) is 19.3. The molecule has 7 nitrogen and oxygen atoms in total. The van der Waals surface area contributed by atoms with Crippen molar-refractivity contribution in [2.75, 3.05) is 25.0 Å². The minimum Gasteiger partial charge on any atom is -0.395 e. The minimum atomic E-state index is 0.257. The Balaban J connectivity index is 1.34. The molecule has 0 aliphatic carbocycles. The van der Waals surface area contributed by atoms with Crippen LogP contribution in [0.3, 0.4) is 0 Å². The number of nitrogens with zero attached hydrogens (tertiary/aromatic N) is 3. The average molecular weight is 409 g/mol. The number of carbonyl (C=O) groups is 1. The second-order valence-electron chi connectivity index (χ2n) is 6.91. The number of likely N-dealkylation sites (tertiary alicyclic amines) is 1. The van der Waals surface area contributed by atoms with Crippen LogP contribution in [0.15, 0.2) is 53.0 Å². The van der Waals surface area contributed by atoms with Gasteiger partial charge in [0.1, 0.15) is 5.03 Å². The van der Waals surface area contributed by atoms with Crippen molar-refractivity contribution in [3.05, 3.63) is 64.3 Å². The van der Waals surface area contributed by atoms with Gasteiger partial charge in [0.05, 0.1) is 17.1 Å². The lowest BCUT2D eigenvalue weighted by Crippen LogP contribution is -2.27. The van der Waals surface area contributed by atoms with Gasteiger partial charge in [0.15, 0.2) is 0 Å². The van der Waals surface area contributed by atoms with Crippen LogP contribution in [0.2, 0.25) is 0 Å². The molecule has 8 heteroatoms. The van der Waals surface area contributed by atoms with E-state index in [1.54, 1.807) is 24.0 Å². The molecule has 0 bridgehead atoms. The fourth-order valence-electron chi connectivity index (χ4n) is 3.31. The Morgan fingerprint density at radius 1 is 1.28 bits per heavy atom. The Morgan fingerprint density at radius 3 is 2.93 bits per heavy atom. The predicted molar refractivity (Wildman–Crippen MR) is 117 cm³/mol. The molecule has 2 aromatic rings. The van der Waals surface area contributed by atoms with Gasteiger partial charge in [-0.3, -0.25) is 4.79 Å². The molecule has 0 spiro atoms. The summed E-state index contributed by atoms with van der Waals surface area (Å²) in [7, 11) is 0. The molecule has 0 unspecified atom stereocenters. The predicted octanol–water partition coefficient (Wildman–Crippen LogP) is 2.82. The summed E-state index contributed by atoms with van der Waals surface area (Å²) in [6, 6.07) is 11.9. The van der Waals surface area contributed by atoms with Crippen LogP contribution in [0, 0.1) is 0 Å². The zero-order valence-corrected chi connectivity index (χ0v) is 16.9. The van der Waals surface area contributed by atoms with Crippen LogP contribution in [0.1, 0.15) is 30.5 Å². The van der Waals surface area contributed by atoms with Gasteiger partial charge in [0.25, 0.3) is 0 Å². The number of rotatable bonds is 7. The van der Waals surface area contributed by atoms with Crippen molar-refractivity contribution in [2.45, 2.75) is 19.3 Å². The number of hydrogen-bond donors (Lipinski definition) is 3. The van der Waals surface area contributed by atoms with E-state index in [2.05, 4.69) is 38.1 Å². The molecule has 0 radical (unpaired) electrons. The quantitative estimate of drug-likeness (QED) is 0.606. The van der Waals surface area contributed by atoms with Gasteiger partial charge in [0, 0.05) is 37.7 Å². The number of aromatic nitrogens is 2. The number of anilines is 1. The smallest absolute Gasteiger partial charge is 0.223 e. The van der Waals surface area contributed by atoms with Crippen LogP contribution in [0.5, 0.6) is 0 Å². The van der Waals surface area contributed by atoms with Gasteiger partial charge >= 0.3 is 0 Å². The van der Waals surface area contributed by atoms with Crippen molar-refractivity contribution < 1.29 is 4.79 Å². The zero-order chi connectivity index (χ0) is 20.1. The topological polar surface area (TPSA) is 96.2 Å². The fraction of sp³-hybridized carbons (Fsp3) is 0.286. The fourth-order valence-corrected chi connectivity index (χ4v) is 4.14. The third-order valence-corrected chi connectivity index (χ3v) is 5.77. The van der Waals surface area contributed by atoms with Crippen molar-refractivity contribution in [3.8, 4) is 0 Å². The lowest BCUT2D eigenvalue weighted by Gasteiger charge is -2.15.